The van der Waals surface area contributed by atoms with Crippen molar-refractivity contribution >= 4 is 16.3 Å². The molecule has 4 heteroatoms. The van der Waals surface area contributed by atoms with E-state index in [1.54, 1.807) is 11.3 Å². The van der Waals surface area contributed by atoms with Gasteiger partial charge in [-0.15, -0.1) is 11.3 Å². The van der Waals surface area contributed by atoms with Crippen molar-refractivity contribution < 1.29 is 0 Å². The van der Waals surface area contributed by atoms with Crippen molar-refractivity contribution in [1.29, 1.82) is 0 Å². The summed E-state index contributed by atoms with van der Waals surface area (Å²) < 4.78 is 2.21. The minimum atomic E-state index is 0.00833. The number of benzene rings is 1. The fourth-order valence-electron chi connectivity index (χ4n) is 2.51. The number of nitrogens with zero attached hydrogens (tertiary/aromatic N) is 2. The third-order valence-electron chi connectivity index (χ3n) is 3.43. The first-order valence-electron chi connectivity index (χ1n) is 6.77. The van der Waals surface area contributed by atoms with Crippen LogP contribution in [0.3, 0.4) is 0 Å². The first-order valence-corrected chi connectivity index (χ1v) is 7.65. The molecule has 2 N–H and O–H groups in total. The van der Waals surface area contributed by atoms with Crippen LogP contribution in [0.4, 0.5) is 0 Å². The Bertz CT molecular complexity index is 732. The molecule has 3 rings (SSSR count). The van der Waals surface area contributed by atoms with Gasteiger partial charge in [0.1, 0.15) is 0 Å². The molecule has 0 atom stereocenters. The molecule has 0 bridgehead atoms. The first-order chi connectivity index (χ1) is 9.52. The van der Waals surface area contributed by atoms with E-state index in [-0.39, 0.29) is 5.41 Å². The van der Waals surface area contributed by atoms with Crippen molar-refractivity contribution in [1.82, 2.24) is 9.38 Å². The van der Waals surface area contributed by atoms with Crippen molar-refractivity contribution in [3.63, 3.8) is 0 Å². The molecule has 2 heterocycles. The molecule has 0 aliphatic carbocycles. The van der Waals surface area contributed by atoms with Gasteiger partial charge < -0.3 is 5.73 Å². The smallest absolute Gasteiger partial charge is 0.194 e. The lowest BCUT2D eigenvalue weighted by atomic mass is 9.90. The second-order valence-corrected chi connectivity index (χ2v) is 6.80. The van der Waals surface area contributed by atoms with Crippen LogP contribution >= 0.6 is 11.3 Å². The maximum atomic E-state index is 6.01. The average Bonchev–Trinajstić information content (AvgIpc) is 2.97. The predicted octanol–water partition coefficient (Wildman–Crippen LogP) is 3.82. The highest BCUT2D eigenvalue weighted by Gasteiger charge is 2.25. The molecule has 0 saturated heterocycles. The molecule has 0 unspecified atom stereocenters. The number of imidazole rings is 1. The summed E-state index contributed by atoms with van der Waals surface area (Å²) in [7, 11) is 0. The monoisotopic (exact) mass is 285 g/mol. The van der Waals surface area contributed by atoms with Gasteiger partial charge >= 0.3 is 0 Å². The number of rotatable bonds is 2. The van der Waals surface area contributed by atoms with Crippen molar-refractivity contribution in [2.75, 3.05) is 0 Å². The van der Waals surface area contributed by atoms with Gasteiger partial charge in [0.05, 0.1) is 17.1 Å². The summed E-state index contributed by atoms with van der Waals surface area (Å²) in [5.41, 5.74) is 10.6. The van der Waals surface area contributed by atoms with E-state index < -0.39 is 0 Å². The third kappa shape index (κ3) is 2.05. The largest absolute Gasteiger partial charge is 0.325 e. The molecule has 1 aromatic carbocycles. The van der Waals surface area contributed by atoms with E-state index in [1.165, 1.54) is 11.3 Å². The Balaban J connectivity index is 2.29. The Labute approximate surface area is 123 Å². The van der Waals surface area contributed by atoms with Crippen LogP contribution in [-0.2, 0) is 12.0 Å². The number of thiazole rings is 1. The molecule has 0 spiro atoms. The molecule has 0 amide bonds. The van der Waals surface area contributed by atoms with E-state index in [1.807, 2.05) is 6.07 Å². The Kier molecular flexibility index (Phi) is 3.15. The average molecular weight is 285 g/mol. The number of hydrogen-bond donors (Lipinski definition) is 1. The summed E-state index contributed by atoms with van der Waals surface area (Å²) in [6.07, 6.45) is 0. The molecule has 0 aliphatic heterocycles. The molecular weight excluding hydrogens is 266 g/mol. The van der Waals surface area contributed by atoms with E-state index in [0.29, 0.717) is 6.54 Å². The zero-order valence-electron chi connectivity index (χ0n) is 12.1. The normalized spacial score (nSPS) is 12.2. The molecule has 0 aliphatic rings. The van der Waals surface area contributed by atoms with Crippen LogP contribution in [-0.4, -0.2) is 9.38 Å². The first kappa shape index (κ1) is 13.3. The van der Waals surface area contributed by atoms with Gasteiger partial charge in [-0.3, -0.25) is 4.40 Å². The lowest BCUT2D eigenvalue weighted by Gasteiger charge is -2.17. The Morgan fingerprint density at radius 2 is 1.90 bits per heavy atom. The van der Waals surface area contributed by atoms with Crippen molar-refractivity contribution in [2.45, 2.75) is 32.7 Å². The van der Waals surface area contributed by atoms with Crippen LogP contribution in [0.1, 0.15) is 32.2 Å². The molecule has 0 radical (unpaired) electrons. The maximum absolute atomic E-state index is 6.01. The second-order valence-electron chi connectivity index (χ2n) is 5.97. The van der Waals surface area contributed by atoms with Gasteiger partial charge in [-0.2, -0.15) is 0 Å². The van der Waals surface area contributed by atoms with Gasteiger partial charge in [0.15, 0.2) is 4.96 Å². The Morgan fingerprint density at radius 1 is 1.20 bits per heavy atom. The lowest BCUT2D eigenvalue weighted by molar-refractivity contribution is 0.564. The third-order valence-corrected chi connectivity index (χ3v) is 4.26. The van der Waals surface area contributed by atoms with Gasteiger partial charge in [0, 0.05) is 17.3 Å². The molecule has 3 nitrogen and oxygen atoms in total. The van der Waals surface area contributed by atoms with Crippen molar-refractivity contribution in [2.24, 2.45) is 5.73 Å². The summed E-state index contributed by atoms with van der Waals surface area (Å²) >= 11 is 1.67. The summed E-state index contributed by atoms with van der Waals surface area (Å²) in [5.74, 6) is 0. The Morgan fingerprint density at radius 3 is 2.50 bits per heavy atom. The zero-order valence-corrected chi connectivity index (χ0v) is 12.9. The van der Waals surface area contributed by atoms with Crippen LogP contribution < -0.4 is 5.73 Å². The Hall–Kier alpha value is -1.65. The summed E-state index contributed by atoms with van der Waals surface area (Å²) in [5, 5.41) is 2.16. The number of hydrogen-bond acceptors (Lipinski definition) is 3. The van der Waals surface area contributed by atoms with Crippen LogP contribution in [0.15, 0.2) is 35.7 Å². The van der Waals surface area contributed by atoms with E-state index in [9.17, 15) is 0 Å². The number of nitrogens with two attached hydrogens (primary N) is 1. The minimum absolute atomic E-state index is 0.00833. The lowest BCUT2D eigenvalue weighted by Crippen LogP contribution is -2.17. The topological polar surface area (TPSA) is 43.3 Å². The molecule has 20 heavy (non-hydrogen) atoms. The molecule has 3 aromatic rings. The summed E-state index contributed by atoms with van der Waals surface area (Å²) in [4.78, 5) is 5.82. The number of aromatic nitrogens is 2. The SMILES string of the molecule is CC(C)(C)c1nc2scc(-c3ccccc3)n2c1CN. The van der Waals surface area contributed by atoms with E-state index in [0.717, 1.165) is 16.3 Å². The van der Waals surface area contributed by atoms with Gasteiger partial charge in [0.25, 0.3) is 0 Å². The zero-order chi connectivity index (χ0) is 14.3. The summed E-state index contributed by atoms with van der Waals surface area (Å²) in [6.45, 7) is 7.05. The van der Waals surface area contributed by atoms with Gasteiger partial charge in [0.2, 0.25) is 0 Å². The molecule has 2 aromatic heterocycles. The van der Waals surface area contributed by atoms with Crippen LogP contribution in [0.25, 0.3) is 16.2 Å². The standard InChI is InChI=1S/C16H19N3S/c1-16(2,3)14-12(9-17)19-13(10-20-15(19)18-14)11-7-5-4-6-8-11/h4-8,10H,9,17H2,1-3H3. The van der Waals surface area contributed by atoms with Crippen LogP contribution in [0, 0.1) is 0 Å². The van der Waals surface area contributed by atoms with E-state index in [4.69, 9.17) is 10.7 Å². The van der Waals surface area contributed by atoms with Crippen molar-refractivity contribution in [3.8, 4) is 11.3 Å². The molecule has 0 saturated carbocycles. The van der Waals surface area contributed by atoms with E-state index in [2.05, 4.69) is 54.8 Å². The minimum Gasteiger partial charge on any atom is -0.325 e. The highest BCUT2D eigenvalue weighted by molar-refractivity contribution is 7.15. The molecule has 104 valence electrons. The highest BCUT2D eigenvalue weighted by atomic mass is 32.1. The van der Waals surface area contributed by atoms with Gasteiger partial charge in [-0.1, -0.05) is 51.1 Å². The van der Waals surface area contributed by atoms with Gasteiger partial charge in [-0.05, 0) is 5.56 Å². The van der Waals surface area contributed by atoms with Crippen LogP contribution in [0.2, 0.25) is 0 Å². The van der Waals surface area contributed by atoms with E-state index >= 15 is 0 Å². The summed E-state index contributed by atoms with van der Waals surface area (Å²) in [6, 6.07) is 10.4. The van der Waals surface area contributed by atoms with Gasteiger partial charge in [-0.25, -0.2) is 4.98 Å². The quantitative estimate of drug-likeness (QED) is 0.778. The highest BCUT2D eigenvalue weighted by Crippen LogP contribution is 2.33. The predicted molar refractivity (Wildman–Crippen MR) is 85.1 cm³/mol. The molecular formula is C16H19N3S. The number of fused-ring (bicyclic) bond motifs is 1. The second kappa shape index (κ2) is 4.72. The van der Waals surface area contributed by atoms with Crippen LogP contribution in [0.5, 0.6) is 0 Å². The maximum Gasteiger partial charge on any atom is 0.194 e. The fraction of sp³-hybridized carbons (Fsp3) is 0.312. The molecule has 0 fully saturated rings. The van der Waals surface area contributed by atoms with Crippen molar-refractivity contribution in [3.05, 3.63) is 47.1 Å². The fourth-order valence-corrected chi connectivity index (χ4v) is 3.43.